The molecule has 0 bridgehead atoms. The van der Waals surface area contributed by atoms with Crippen LogP contribution in [0.2, 0.25) is 0 Å². The normalized spacial score (nSPS) is 11.6. The number of aromatic nitrogens is 1. The Hall–Kier alpha value is -3.42. The van der Waals surface area contributed by atoms with E-state index in [1.54, 1.807) is 0 Å². The summed E-state index contributed by atoms with van der Waals surface area (Å²) >= 11 is 0. The molecule has 1 heterocycles. The van der Waals surface area contributed by atoms with E-state index >= 15 is 0 Å². The number of nitrogens with one attached hydrogen (secondary N) is 1. The van der Waals surface area contributed by atoms with Crippen LogP contribution in [-0.2, 0) is 23.2 Å². The van der Waals surface area contributed by atoms with Crippen molar-refractivity contribution in [2.45, 2.75) is 53.0 Å². The van der Waals surface area contributed by atoms with Gasteiger partial charge < -0.3 is 9.73 Å². The van der Waals surface area contributed by atoms with Gasteiger partial charge in [0.15, 0.2) is 5.58 Å². The first-order valence-electron chi connectivity index (χ1n) is 10.1. The number of non-ortho nitro benzene ring substituents is 1. The zero-order chi connectivity index (χ0) is 22.9. The van der Waals surface area contributed by atoms with E-state index in [1.807, 2.05) is 0 Å². The molecular formula is C23H27N3O5. The van der Waals surface area contributed by atoms with Crippen molar-refractivity contribution in [1.82, 2.24) is 9.88 Å². The lowest BCUT2D eigenvalue weighted by Gasteiger charge is -2.22. The van der Waals surface area contributed by atoms with Crippen molar-refractivity contribution < 1.29 is 14.1 Å². The molecule has 1 amide bonds. The van der Waals surface area contributed by atoms with E-state index in [-0.39, 0.29) is 29.1 Å². The van der Waals surface area contributed by atoms with Gasteiger partial charge in [-0.2, -0.15) is 0 Å². The SMILES string of the molecule is Cc1cc(C(C)(C)C)cc(C)c1CCNC(=O)Cn1c(=O)oc2cc([N+](=O)[O-])ccc21. The Bertz CT molecular complexity index is 1190. The van der Waals surface area contributed by atoms with Crippen LogP contribution in [0.1, 0.15) is 43.0 Å². The third kappa shape index (κ3) is 4.84. The Morgan fingerprint density at radius 2 is 1.81 bits per heavy atom. The largest absolute Gasteiger partial charge is 0.420 e. The van der Waals surface area contributed by atoms with E-state index in [1.165, 1.54) is 45.0 Å². The molecule has 0 saturated heterocycles. The van der Waals surface area contributed by atoms with Gasteiger partial charge in [0.2, 0.25) is 5.91 Å². The molecule has 2 aromatic carbocycles. The van der Waals surface area contributed by atoms with Crippen LogP contribution in [0.3, 0.4) is 0 Å². The number of nitrogens with zero attached hydrogens (tertiary/aromatic N) is 2. The molecule has 0 radical (unpaired) electrons. The van der Waals surface area contributed by atoms with Crippen LogP contribution in [0.15, 0.2) is 39.5 Å². The molecule has 31 heavy (non-hydrogen) atoms. The quantitative estimate of drug-likeness (QED) is 0.478. The molecule has 0 fully saturated rings. The molecule has 0 spiro atoms. The molecular weight excluding hydrogens is 398 g/mol. The number of fused-ring (bicyclic) bond motifs is 1. The lowest BCUT2D eigenvalue weighted by molar-refractivity contribution is -0.384. The average molecular weight is 425 g/mol. The minimum absolute atomic E-state index is 0.0727. The molecule has 164 valence electrons. The van der Waals surface area contributed by atoms with Gasteiger partial charge in [-0.25, -0.2) is 4.79 Å². The highest BCUT2D eigenvalue weighted by atomic mass is 16.6. The minimum Gasteiger partial charge on any atom is -0.407 e. The van der Waals surface area contributed by atoms with Crippen molar-refractivity contribution in [2.75, 3.05) is 6.54 Å². The second-order valence-corrected chi connectivity index (χ2v) is 8.80. The number of benzene rings is 2. The number of aryl methyl sites for hydroxylation is 2. The number of nitro benzene ring substituents is 1. The average Bonchev–Trinajstić information content (AvgIpc) is 2.97. The van der Waals surface area contributed by atoms with E-state index < -0.39 is 10.7 Å². The standard InChI is InChI=1S/C23H27N3O5/c1-14-10-16(23(3,4)5)11-15(2)18(14)8-9-24-21(27)13-25-19-7-6-17(26(29)30)12-20(19)31-22(25)28/h6-7,10-12H,8-9,13H2,1-5H3,(H,24,27). The third-order valence-electron chi connectivity index (χ3n) is 5.42. The molecule has 3 aromatic rings. The van der Waals surface area contributed by atoms with Crippen molar-refractivity contribution >= 4 is 22.7 Å². The first-order valence-corrected chi connectivity index (χ1v) is 10.1. The molecule has 0 saturated carbocycles. The molecule has 0 unspecified atom stereocenters. The maximum atomic E-state index is 12.4. The van der Waals surface area contributed by atoms with E-state index in [0.29, 0.717) is 18.5 Å². The van der Waals surface area contributed by atoms with Gasteiger partial charge in [-0.05, 0) is 54.0 Å². The monoisotopic (exact) mass is 425 g/mol. The molecule has 8 heteroatoms. The highest BCUT2D eigenvalue weighted by Gasteiger charge is 2.18. The molecule has 0 aliphatic heterocycles. The lowest BCUT2D eigenvalue weighted by Crippen LogP contribution is -2.32. The van der Waals surface area contributed by atoms with E-state index in [0.717, 1.165) is 0 Å². The Labute approximate surface area is 180 Å². The highest BCUT2D eigenvalue weighted by molar-refractivity contribution is 5.80. The van der Waals surface area contributed by atoms with Gasteiger partial charge in [0.25, 0.3) is 5.69 Å². The maximum Gasteiger partial charge on any atom is 0.420 e. The van der Waals surface area contributed by atoms with Crippen LogP contribution in [0.5, 0.6) is 0 Å². The fraction of sp³-hybridized carbons (Fsp3) is 0.391. The van der Waals surface area contributed by atoms with Crippen molar-refractivity contribution in [3.8, 4) is 0 Å². The molecule has 3 rings (SSSR count). The van der Waals surface area contributed by atoms with Crippen LogP contribution in [0.25, 0.3) is 11.1 Å². The summed E-state index contributed by atoms with van der Waals surface area (Å²) in [6.07, 6.45) is 0.682. The van der Waals surface area contributed by atoms with Gasteiger partial charge in [0.1, 0.15) is 6.54 Å². The van der Waals surface area contributed by atoms with Crippen molar-refractivity contribution in [1.29, 1.82) is 0 Å². The van der Waals surface area contributed by atoms with Crippen LogP contribution in [0, 0.1) is 24.0 Å². The lowest BCUT2D eigenvalue weighted by atomic mass is 9.83. The van der Waals surface area contributed by atoms with Gasteiger partial charge in [-0.3, -0.25) is 19.5 Å². The first kappa shape index (κ1) is 22.3. The predicted molar refractivity (Wildman–Crippen MR) is 118 cm³/mol. The smallest absolute Gasteiger partial charge is 0.407 e. The van der Waals surface area contributed by atoms with Crippen LogP contribution >= 0.6 is 0 Å². The molecule has 1 N–H and O–H groups in total. The number of carbonyl (C=O) groups excluding carboxylic acids is 1. The summed E-state index contributed by atoms with van der Waals surface area (Å²) in [5, 5.41) is 13.7. The fourth-order valence-corrected chi connectivity index (χ4v) is 3.67. The van der Waals surface area contributed by atoms with Gasteiger partial charge >= 0.3 is 5.76 Å². The summed E-state index contributed by atoms with van der Waals surface area (Å²) in [5.74, 6) is -1.06. The van der Waals surface area contributed by atoms with E-state index in [4.69, 9.17) is 4.42 Å². The second kappa shape index (κ2) is 8.37. The summed E-state index contributed by atoms with van der Waals surface area (Å²) < 4.78 is 6.23. The molecule has 1 aromatic heterocycles. The number of nitro groups is 1. The third-order valence-corrected chi connectivity index (χ3v) is 5.42. The van der Waals surface area contributed by atoms with Crippen LogP contribution < -0.4 is 11.1 Å². The van der Waals surface area contributed by atoms with Gasteiger partial charge in [0, 0.05) is 12.6 Å². The number of rotatable bonds is 6. The molecule has 0 aliphatic carbocycles. The molecule has 8 nitrogen and oxygen atoms in total. The first-order chi connectivity index (χ1) is 14.5. The van der Waals surface area contributed by atoms with E-state index in [2.05, 4.69) is 52.1 Å². The minimum atomic E-state index is -0.727. The summed E-state index contributed by atoms with van der Waals surface area (Å²) in [6.45, 7) is 10.9. The van der Waals surface area contributed by atoms with Gasteiger partial charge in [-0.1, -0.05) is 32.9 Å². The van der Waals surface area contributed by atoms with Crippen LogP contribution in [0.4, 0.5) is 5.69 Å². The number of carbonyl (C=O) groups is 1. The zero-order valence-electron chi connectivity index (χ0n) is 18.4. The summed E-state index contributed by atoms with van der Waals surface area (Å²) in [5.41, 5.74) is 5.18. The molecule has 0 aliphatic rings. The Morgan fingerprint density at radius 1 is 1.16 bits per heavy atom. The summed E-state index contributed by atoms with van der Waals surface area (Å²) in [4.78, 5) is 34.8. The van der Waals surface area contributed by atoms with Crippen molar-refractivity contribution in [3.05, 3.63) is 73.3 Å². The van der Waals surface area contributed by atoms with Gasteiger partial charge in [0.05, 0.1) is 16.5 Å². The topological polar surface area (TPSA) is 107 Å². The fourth-order valence-electron chi connectivity index (χ4n) is 3.67. The number of amides is 1. The number of hydrogen-bond acceptors (Lipinski definition) is 5. The summed E-state index contributed by atoms with van der Waals surface area (Å²) in [7, 11) is 0. The Balaban J connectivity index is 1.67. The van der Waals surface area contributed by atoms with Crippen molar-refractivity contribution in [3.63, 3.8) is 0 Å². The second-order valence-electron chi connectivity index (χ2n) is 8.80. The zero-order valence-corrected chi connectivity index (χ0v) is 18.4. The number of hydrogen-bond donors (Lipinski definition) is 1. The number of oxazole rings is 1. The summed E-state index contributed by atoms with van der Waals surface area (Å²) in [6, 6.07) is 8.26. The Kier molecular flexibility index (Phi) is 6.01. The van der Waals surface area contributed by atoms with E-state index in [9.17, 15) is 19.7 Å². The predicted octanol–water partition coefficient (Wildman–Crippen LogP) is 3.78. The maximum absolute atomic E-state index is 12.4. The highest BCUT2D eigenvalue weighted by Crippen LogP contribution is 2.27. The molecule has 0 atom stereocenters. The van der Waals surface area contributed by atoms with Crippen molar-refractivity contribution in [2.24, 2.45) is 0 Å². The van der Waals surface area contributed by atoms with Crippen LogP contribution in [-0.4, -0.2) is 21.9 Å². The van der Waals surface area contributed by atoms with Gasteiger partial charge in [-0.15, -0.1) is 0 Å². The Morgan fingerprint density at radius 3 is 2.39 bits per heavy atom.